The number of aryl methyl sites for hydroxylation is 1. The fourth-order valence-electron chi connectivity index (χ4n) is 9.80. The van der Waals surface area contributed by atoms with Gasteiger partial charge in [0.1, 0.15) is 0 Å². The van der Waals surface area contributed by atoms with E-state index in [0.29, 0.717) is 0 Å². The van der Waals surface area contributed by atoms with Crippen molar-refractivity contribution in [3.63, 3.8) is 0 Å². The Labute approximate surface area is 346 Å². The van der Waals surface area contributed by atoms with E-state index in [4.69, 9.17) is 0 Å². The lowest BCUT2D eigenvalue weighted by Gasteiger charge is -2.34. The van der Waals surface area contributed by atoms with Crippen LogP contribution in [0.4, 0.5) is 17.1 Å². The van der Waals surface area contributed by atoms with Gasteiger partial charge >= 0.3 is 0 Å². The molecule has 0 amide bonds. The van der Waals surface area contributed by atoms with Crippen LogP contribution in [0.15, 0.2) is 231 Å². The number of nitrogens with zero attached hydrogens (tertiary/aromatic N) is 1. The highest BCUT2D eigenvalue weighted by Crippen LogP contribution is 2.56. The first-order chi connectivity index (χ1) is 29.2. The number of hydrogen-bond acceptors (Lipinski definition) is 1. The maximum Gasteiger partial charge on any atom is 0.0713 e. The Hall–Kier alpha value is -7.48. The minimum atomic E-state index is -0.466. The van der Waals surface area contributed by atoms with Crippen molar-refractivity contribution >= 4 is 38.6 Å². The maximum atomic E-state index is 2.46. The molecule has 1 heteroatoms. The van der Waals surface area contributed by atoms with Crippen LogP contribution in [-0.2, 0) is 5.41 Å². The lowest BCUT2D eigenvalue weighted by atomic mass is 9.68. The summed E-state index contributed by atoms with van der Waals surface area (Å²) in [5.74, 6) is 0. The monoisotopic (exact) mass is 751 g/mol. The number of benzene rings is 10. The van der Waals surface area contributed by atoms with Crippen LogP contribution in [-0.4, -0.2) is 0 Å². The SMILES string of the molecule is Cc1ccc(N(c2ccc(C3(c4ccccc4)c4ccccc4-c4ccccc43)cc2)c2ccc3ccccc3c2)c(-c2cccc3cccc(-c4ccccc4)c23)c1. The highest BCUT2D eigenvalue weighted by atomic mass is 15.1. The molecule has 0 bridgehead atoms. The predicted molar refractivity (Wildman–Crippen MR) is 249 cm³/mol. The van der Waals surface area contributed by atoms with Crippen LogP contribution in [0.5, 0.6) is 0 Å². The zero-order valence-electron chi connectivity index (χ0n) is 32.9. The van der Waals surface area contributed by atoms with Gasteiger partial charge in [-0.2, -0.15) is 0 Å². The van der Waals surface area contributed by atoms with Crippen LogP contribution >= 0.6 is 0 Å². The Morgan fingerprint density at radius 2 is 0.881 bits per heavy atom. The molecule has 0 atom stereocenters. The molecule has 0 radical (unpaired) electrons. The van der Waals surface area contributed by atoms with E-state index in [1.807, 2.05) is 0 Å². The summed E-state index contributed by atoms with van der Waals surface area (Å²) in [6.07, 6.45) is 0. The lowest BCUT2D eigenvalue weighted by molar-refractivity contribution is 0.768. The first-order valence-corrected chi connectivity index (χ1v) is 20.5. The molecule has 0 spiro atoms. The molecule has 0 fully saturated rings. The number of fused-ring (bicyclic) bond motifs is 5. The van der Waals surface area contributed by atoms with Crippen molar-refractivity contribution in [1.82, 2.24) is 0 Å². The molecule has 0 N–H and O–H groups in total. The third-order valence-electron chi connectivity index (χ3n) is 12.4. The standard InChI is InChI=1S/C58H41N/c1-40-30-37-56(53(38-40)52-27-15-21-43-20-14-26-49(57(43)52)42-17-4-2-5-18-42)59(48-34-31-41-16-8-9-19-44(41)39-48)47-35-32-46(33-36-47)58(45-22-6-3-7-23-45)54-28-12-10-24-50(54)51-25-11-13-29-55(51)58/h2-39H,1H3. The average Bonchev–Trinajstić information content (AvgIpc) is 3.61. The Morgan fingerprint density at radius 3 is 1.59 bits per heavy atom. The van der Waals surface area contributed by atoms with Crippen molar-refractivity contribution in [2.75, 3.05) is 4.90 Å². The summed E-state index contributed by atoms with van der Waals surface area (Å²) < 4.78 is 0. The summed E-state index contributed by atoms with van der Waals surface area (Å²) in [5, 5.41) is 4.91. The maximum absolute atomic E-state index is 2.46. The van der Waals surface area contributed by atoms with Crippen molar-refractivity contribution in [2.45, 2.75) is 12.3 Å². The zero-order valence-corrected chi connectivity index (χ0v) is 32.9. The number of rotatable bonds is 7. The minimum absolute atomic E-state index is 0.466. The van der Waals surface area contributed by atoms with Gasteiger partial charge in [-0.1, -0.05) is 200 Å². The summed E-state index contributed by atoms with van der Waals surface area (Å²) >= 11 is 0. The topological polar surface area (TPSA) is 3.24 Å². The third-order valence-corrected chi connectivity index (χ3v) is 12.4. The van der Waals surface area contributed by atoms with Gasteiger partial charge in [0.25, 0.3) is 0 Å². The zero-order chi connectivity index (χ0) is 39.3. The Balaban J connectivity index is 1.15. The van der Waals surface area contributed by atoms with E-state index in [9.17, 15) is 0 Å². The normalized spacial score (nSPS) is 12.6. The fourth-order valence-corrected chi connectivity index (χ4v) is 9.80. The van der Waals surface area contributed by atoms with E-state index in [2.05, 4.69) is 242 Å². The van der Waals surface area contributed by atoms with Gasteiger partial charge in [0.15, 0.2) is 0 Å². The van der Waals surface area contributed by atoms with Crippen LogP contribution in [0.2, 0.25) is 0 Å². The molecule has 0 aliphatic heterocycles. The third kappa shape index (κ3) is 5.62. The molecule has 59 heavy (non-hydrogen) atoms. The minimum Gasteiger partial charge on any atom is -0.310 e. The van der Waals surface area contributed by atoms with Crippen molar-refractivity contribution < 1.29 is 0 Å². The average molecular weight is 752 g/mol. The summed E-state index contributed by atoms with van der Waals surface area (Å²) in [6.45, 7) is 2.20. The van der Waals surface area contributed by atoms with Gasteiger partial charge in [-0.15, -0.1) is 0 Å². The van der Waals surface area contributed by atoms with Crippen LogP contribution in [0, 0.1) is 6.92 Å². The Kier molecular flexibility index (Phi) is 8.34. The van der Waals surface area contributed by atoms with Gasteiger partial charge in [-0.25, -0.2) is 0 Å². The molecule has 10 aromatic rings. The molecular formula is C58H41N. The van der Waals surface area contributed by atoms with Crippen molar-refractivity contribution in [1.29, 1.82) is 0 Å². The first kappa shape index (κ1) is 34.7. The van der Waals surface area contributed by atoms with Gasteiger partial charge in [-0.05, 0) is 115 Å². The van der Waals surface area contributed by atoms with Crippen LogP contribution in [0.1, 0.15) is 27.8 Å². The molecule has 1 nitrogen and oxygen atoms in total. The molecule has 0 unspecified atom stereocenters. The fraction of sp³-hybridized carbons (Fsp3) is 0.0345. The second-order valence-electron chi connectivity index (χ2n) is 15.7. The second-order valence-corrected chi connectivity index (χ2v) is 15.7. The highest BCUT2D eigenvalue weighted by Gasteiger charge is 2.45. The molecule has 0 saturated heterocycles. The summed E-state index contributed by atoms with van der Waals surface area (Å²) in [5.41, 5.74) is 16.7. The first-order valence-electron chi connectivity index (χ1n) is 20.5. The van der Waals surface area contributed by atoms with Gasteiger partial charge in [0, 0.05) is 16.9 Å². The summed E-state index contributed by atoms with van der Waals surface area (Å²) in [4.78, 5) is 2.46. The summed E-state index contributed by atoms with van der Waals surface area (Å²) in [7, 11) is 0. The van der Waals surface area contributed by atoms with Crippen molar-refractivity contribution in [2.24, 2.45) is 0 Å². The van der Waals surface area contributed by atoms with E-state index in [1.54, 1.807) is 0 Å². The molecule has 0 aromatic heterocycles. The van der Waals surface area contributed by atoms with Crippen LogP contribution in [0.25, 0.3) is 54.9 Å². The van der Waals surface area contributed by atoms with Crippen molar-refractivity contribution in [3.05, 3.63) is 258 Å². The Bertz CT molecular complexity index is 3110. The molecule has 0 saturated carbocycles. The molecule has 1 aliphatic carbocycles. The molecular weight excluding hydrogens is 711 g/mol. The van der Waals surface area contributed by atoms with Crippen LogP contribution < -0.4 is 4.90 Å². The molecule has 278 valence electrons. The largest absolute Gasteiger partial charge is 0.310 e. The predicted octanol–water partition coefficient (Wildman–Crippen LogP) is 15.5. The molecule has 10 aromatic carbocycles. The number of hydrogen-bond donors (Lipinski definition) is 0. The van der Waals surface area contributed by atoms with E-state index < -0.39 is 5.41 Å². The van der Waals surface area contributed by atoms with E-state index >= 15 is 0 Å². The molecule has 11 rings (SSSR count). The smallest absolute Gasteiger partial charge is 0.0713 e. The summed E-state index contributed by atoms with van der Waals surface area (Å²) in [6, 6.07) is 85.0. The molecule has 0 heterocycles. The second kappa shape index (κ2) is 14.2. The van der Waals surface area contributed by atoms with Crippen molar-refractivity contribution in [3.8, 4) is 33.4 Å². The van der Waals surface area contributed by atoms with Gasteiger partial charge < -0.3 is 4.90 Å². The molecule has 1 aliphatic rings. The van der Waals surface area contributed by atoms with E-state index in [0.717, 1.165) is 17.1 Å². The van der Waals surface area contributed by atoms with Gasteiger partial charge in [-0.3, -0.25) is 0 Å². The number of anilines is 3. The lowest BCUT2D eigenvalue weighted by Crippen LogP contribution is -2.28. The highest BCUT2D eigenvalue weighted by molar-refractivity contribution is 6.09. The Morgan fingerprint density at radius 1 is 0.339 bits per heavy atom. The van der Waals surface area contributed by atoms with Gasteiger partial charge in [0.2, 0.25) is 0 Å². The van der Waals surface area contributed by atoms with E-state index in [-0.39, 0.29) is 0 Å². The van der Waals surface area contributed by atoms with Gasteiger partial charge in [0.05, 0.1) is 11.1 Å². The van der Waals surface area contributed by atoms with E-state index in [1.165, 1.54) is 82.7 Å². The quantitative estimate of drug-likeness (QED) is 0.157. The van der Waals surface area contributed by atoms with Crippen LogP contribution in [0.3, 0.4) is 0 Å².